The number of nitrogens with zero attached hydrogens (tertiary/aromatic N) is 3. The van der Waals surface area contributed by atoms with Crippen LogP contribution in [0.25, 0.3) is 5.65 Å². The maximum atomic E-state index is 11.9. The molecular formula is C14H11Cl2N5O. The van der Waals surface area contributed by atoms with E-state index in [-0.39, 0.29) is 12.6 Å². The van der Waals surface area contributed by atoms with Gasteiger partial charge < -0.3 is 10.6 Å². The summed E-state index contributed by atoms with van der Waals surface area (Å²) < 4.78 is 1.80. The molecule has 0 atom stereocenters. The highest BCUT2D eigenvalue weighted by Gasteiger charge is 2.07. The zero-order chi connectivity index (χ0) is 15.5. The molecule has 0 radical (unpaired) electrons. The zero-order valence-electron chi connectivity index (χ0n) is 11.3. The fourth-order valence-electron chi connectivity index (χ4n) is 1.92. The fourth-order valence-corrected chi connectivity index (χ4v) is 2.22. The lowest BCUT2D eigenvalue weighted by atomic mass is 10.3. The van der Waals surface area contributed by atoms with Crippen LogP contribution in [-0.4, -0.2) is 20.6 Å². The lowest BCUT2D eigenvalue weighted by Crippen LogP contribution is -2.29. The van der Waals surface area contributed by atoms with Crippen molar-refractivity contribution in [3.8, 4) is 0 Å². The Kier molecular flexibility index (Phi) is 4.13. The van der Waals surface area contributed by atoms with E-state index in [1.54, 1.807) is 22.6 Å². The van der Waals surface area contributed by atoms with Gasteiger partial charge in [-0.1, -0.05) is 29.3 Å². The van der Waals surface area contributed by atoms with Crippen molar-refractivity contribution in [2.24, 2.45) is 0 Å². The van der Waals surface area contributed by atoms with Gasteiger partial charge in [0.05, 0.1) is 16.6 Å². The van der Waals surface area contributed by atoms with Crippen molar-refractivity contribution in [3.05, 3.63) is 58.5 Å². The van der Waals surface area contributed by atoms with E-state index in [0.717, 1.165) is 5.65 Å². The number of carbonyl (C=O) groups excluding carboxylic acids is 1. The average molecular weight is 336 g/mol. The van der Waals surface area contributed by atoms with Crippen LogP contribution in [0.3, 0.4) is 0 Å². The van der Waals surface area contributed by atoms with E-state index in [2.05, 4.69) is 20.8 Å². The first-order valence-corrected chi connectivity index (χ1v) is 7.17. The number of fused-ring (bicyclic) bond motifs is 1. The third-order valence-corrected chi connectivity index (χ3v) is 3.71. The summed E-state index contributed by atoms with van der Waals surface area (Å²) >= 11 is 11.7. The molecule has 2 aromatic heterocycles. The Morgan fingerprint density at radius 1 is 1.14 bits per heavy atom. The second kappa shape index (κ2) is 6.21. The van der Waals surface area contributed by atoms with Crippen LogP contribution in [0.15, 0.2) is 42.6 Å². The SMILES string of the molecule is O=C(NCc1nnc2ccccn12)Nc1ccc(Cl)c(Cl)c1. The Labute approximate surface area is 136 Å². The Morgan fingerprint density at radius 3 is 2.82 bits per heavy atom. The second-order valence-corrected chi connectivity index (χ2v) is 5.30. The van der Waals surface area contributed by atoms with Crippen LogP contribution >= 0.6 is 23.2 Å². The maximum Gasteiger partial charge on any atom is 0.319 e. The van der Waals surface area contributed by atoms with Crippen molar-refractivity contribution in [1.29, 1.82) is 0 Å². The number of nitrogens with one attached hydrogen (secondary N) is 2. The van der Waals surface area contributed by atoms with Crippen molar-refractivity contribution in [2.45, 2.75) is 6.54 Å². The number of urea groups is 1. The highest BCUT2D eigenvalue weighted by atomic mass is 35.5. The van der Waals surface area contributed by atoms with Crippen LogP contribution in [0.1, 0.15) is 5.82 Å². The lowest BCUT2D eigenvalue weighted by molar-refractivity contribution is 0.251. The van der Waals surface area contributed by atoms with Gasteiger partial charge >= 0.3 is 6.03 Å². The zero-order valence-corrected chi connectivity index (χ0v) is 12.8. The molecule has 3 aromatic rings. The first kappa shape index (κ1) is 14.6. The van der Waals surface area contributed by atoms with Gasteiger partial charge in [-0.3, -0.25) is 4.40 Å². The van der Waals surface area contributed by atoms with E-state index < -0.39 is 0 Å². The van der Waals surface area contributed by atoms with Gasteiger partial charge in [-0.2, -0.15) is 0 Å². The molecule has 0 aliphatic rings. The summed E-state index contributed by atoms with van der Waals surface area (Å²) in [5.74, 6) is 0.639. The van der Waals surface area contributed by atoms with Crippen molar-refractivity contribution in [2.75, 3.05) is 5.32 Å². The average Bonchev–Trinajstić information content (AvgIpc) is 2.92. The molecule has 2 N–H and O–H groups in total. The number of anilines is 1. The van der Waals surface area contributed by atoms with E-state index >= 15 is 0 Å². The van der Waals surface area contributed by atoms with E-state index in [0.29, 0.717) is 21.6 Å². The Balaban J connectivity index is 1.63. The summed E-state index contributed by atoms with van der Waals surface area (Å²) in [5, 5.41) is 14.2. The highest BCUT2D eigenvalue weighted by Crippen LogP contribution is 2.24. The van der Waals surface area contributed by atoms with Crippen LogP contribution in [0.2, 0.25) is 10.0 Å². The number of benzene rings is 1. The molecule has 3 rings (SSSR count). The number of pyridine rings is 1. The first-order chi connectivity index (χ1) is 10.6. The molecule has 2 heterocycles. The normalized spacial score (nSPS) is 10.6. The smallest absolute Gasteiger partial charge is 0.319 e. The summed E-state index contributed by atoms with van der Waals surface area (Å²) in [6.45, 7) is 0.248. The number of hydrogen-bond acceptors (Lipinski definition) is 3. The molecule has 0 spiro atoms. The van der Waals surface area contributed by atoms with Crippen molar-refractivity contribution in [3.63, 3.8) is 0 Å². The van der Waals surface area contributed by atoms with Crippen molar-refractivity contribution < 1.29 is 4.79 Å². The number of hydrogen-bond donors (Lipinski definition) is 2. The summed E-state index contributed by atoms with van der Waals surface area (Å²) in [5.41, 5.74) is 1.28. The molecule has 0 aliphatic heterocycles. The molecule has 0 saturated heterocycles. The van der Waals surface area contributed by atoms with E-state index in [4.69, 9.17) is 23.2 Å². The van der Waals surface area contributed by atoms with Crippen LogP contribution in [0.5, 0.6) is 0 Å². The predicted octanol–water partition coefficient (Wildman–Crippen LogP) is 3.36. The third-order valence-electron chi connectivity index (χ3n) is 2.97. The molecule has 0 bridgehead atoms. The van der Waals surface area contributed by atoms with Crippen molar-refractivity contribution >= 4 is 40.6 Å². The molecule has 22 heavy (non-hydrogen) atoms. The summed E-state index contributed by atoms with van der Waals surface area (Å²) in [6, 6.07) is 10.1. The largest absolute Gasteiger partial charge is 0.331 e. The van der Waals surface area contributed by atoms with Gasteiger partial charge in [0.1, 0.15) is 0 Å². The second-order valence-electron chi connectivity index (χ2n) is 4.48. The molecule has 0 fully saturated rings. The summed E-state index contributed by atoms with van der Waals surface area (Å²) in [7, 11) is 0. The maximum absolute atomic E-state index is 11.9. The molecule has 8 heteroatoms. The molecule has 112 valence electrons. The number of amides is 2. The minimum atomic E-state index is -0.369. The Morgan fingerprint density at radius 2 is 2.00 bits per heavy atom. The van der Waals surface area contributed by atoms with Gasteiger partial charge in [0.2, 0.25) is 0 Å². The highest BCUT2D eigenvalue weighted by molar-refractivity contribution is 6.42. The number of carbonyl (C=O) groups is 1. The Bertz CT molecular complexity index is 833. The summed E-state index contributed by atoms with van der Waals surface area (Å²) in [4.78, 5) is 11.9. The van der Waals surface area contributed by atoms with Gasteiger partial charge in [0, 0.05) is 11.9 Å². The van der Waals surface area contributed by atoms with Gasteiger partial charge in [-0.05, 0) is 30.3 Å². The van der Waals surface area contributed by atoms with Gasteiger partial charge in [0.15, 0.2) is 11.5 Å². The Hall–Kier alpha value is -2.31. The quantitative estimate of drug-likeness (QED) is 0.770. The number of rotatable bonds is 3. The lowest BCUT2D eigenvalue weighted by Gasteiger charge is -2.07. The monoisotopic (exact) mass is 335 g/mol. The third kappa shape index (κ3) is 3.13. The van der Waals surface area contributed by atoms with Gasteiger partial charge in [0.25, 0.3) is 0 Å². The van der Waals surface area contributed by atoms with E-state index in [1.807, 2.05) is 24.4 Å². The first-order valence-electron chi connectivity index (χ1n) is 6.42. The van der Waals surface area contributed by atoms with Crippen LogP contribution < -0.4 is 10.6 Å². The molecule has 0 aliphatic carbocycles. The summed E-state index contributed by atoms with van der Waals surface area (Å²) in [6.07, 6.45) is 1.84. The minimum Gasteiger partial charge on any atom is -0.331 e. The van der Waals surface area contributed by atoms with Crippen LogP contribution in [-0.2, 0) is 6.54 Å². The van der Waals surface area contributed by atoms with Crippen LogP contribution in [0, 0.1) is 0 Å². The standard InChI is InChI=1S/C14H11Cl2N5O/c15-10-5-4-9(7-11(10)16)18-14(22)17-8-13-20-19-12-3-1-2-6-21(12)13/h1-7H,8H2,(H2,17,18,22). The topological polar surface area (TPSA) is 71.3 Å². The minimum absolute atomic E-state index is 0.248. The number of aromatic nitrogens is 3. The molecule has 0 saturated carbocycles. The molecule has 6 nitrogen and oxygen atoms in total. The van der Waals surface area contributed by atoms with E-state index in [1.165, 1.54) is 0 Å². The van der Waals surface area contributed by atoms with E-state index in [9.17, 15) is 4.79 Å². The number of halogens is 2. The predicted molar refractivity (Wildman–Crippen MR) is 85.3 cm³/mol. The molecule has 2 amide bonds. The molecule has 0 unspecified atom stereocenters. The molecular weight excluding hydrogens is 325 g/mol. The van der Waals surface area contributed by atoms with Gasteiger partial charge in [-0.25, -0.2) is 4.79 Å². The molecule has 1 aromatic carbocycles. The van der Waals surface area contributed by atoms with Gasteiger partial charge in [-0.15, -0.1) is 10.2 Å². The van der Waals surface area contributed by atoms with Crippen LogP contribution in [0.4, 0.5) is 10.5 Å². The fraction of sp³-hybridized carbons (Fsp3) is 0.0714. The van der Waals surface area contributed by atoms with Crippen molar-refractivity contribution in [1.82, 2.24) is 19.9 Å².